The predicted molar refractivity (Wildman–Crippen MR) is 82.9 cm³/mol. The molecule has 1 aromatic carbocycles. The minimum absolute atomic E-state index is 0. The molecule has 1 fully saturated rings. The maximum atomic E-state index is 11.9. The fourth-order valence-electron chi connectivity index (χ4n) is 2.07. The summed E-state index contributed by atoms with van der Waals surface area (Å²) in [5.41, 5.74) is 5.60. The van der Waals surface area contributed by atoms with Crippen LogP contribution in [0.1, 0.15) is 6.42 Å². The van der Waals surface area contributed by atoms with Crippen molar-refractivity contribution in [1.29, 1.82) is 0 Å². The Hall–Kier alpha value is -0.680. The lowest BCUT2D eigenvalue weighted by atomic mass is 10.1. The highest BCUT2D eigenvalue weighted by Crippen LogP contribution is 2.27. The van der Waals surface area contributed by atoms with E-state index >= 15 is 0 Å². The van der Waals surface area contributed by atoms with Crippen LogP contribution in [0.25, 0.3) is 0 Å². The number of amides is 1. The number of hydrogen-bond donors (Lipinski definition) is 1. The zero-order chi connectivity index (χ0) is 13.8. The van der Waals surface area contributed by atoms with E-state index in [1.807, 2.05) is 0 Å². The van der Waals surface area contributed by atoms with Crippen LogP contribution in [0.15, 0.2) is 18.2 Å². The summed E-state index contributed by atoms with van der Waals surface area (Å²) < 4.78 is 5.42. The molecule has 0 bridgehead atoms. The van der Waals surface area contributed by atoms with Crippen molar-refractivity contribution in [2.45, 2.75) is 6.42 Å². The molecular formula is C13H17Cl3N2O2. The zero-order valence-corrected chi connectivity index (χ0v) is 13.2. The number of carbonyl (C=O) groups excluding carboxylic acids is 1. The van der Waals surface area contributed by atoms with Gasteiger partial charge in [0.15, 0.2) is 6.61 Å². The summed E-state index contributed by atoms with van der Waals surface area (Å²) >= 11 is 11.8. The first-order valence-electron chi connectivity index (χ1n) is 6.16. The van der Waals surface area contributed by atoms with Gasteiger partial charge in [0.2, 0.25) is 0 Å². The Labute approximate surface area is 134 Å². The third-order valence-electron chi connectivity index (χ3n) is 3.22. The molecule has 2 N–H and O–H groups in total. The molecule has 1 aromatic rings. The summed E-state index contributed by atoms with van der Waals surface area (Å²) in [6.07, 6.45) is 0.962. The zero-order valence-electron chi connectivity index (χ0n) is 10.9. The Bertz CT molecular complexity index is 471. The predicted octanol–water partition coefficient (Wildman–Crippen LogP) is 2.60. The molecule has 0 saturated carbocycles. The minimum atomic E-state index is -0.0398. The van der Waals surface area contributed by atoms with Crippen molar-refractivity contribution < 1.29 is 9.53 Å². The van der Waals surface area contributed by atoms with Crippen molar-refractivity contribution in [3.05, 3.63) is 28.2 Å². The number of halogens is 3. The maximum Gasteiger partial charge on any atom is 0.260 e. The average Bonchev–Trinajstić information content (AvgIpc) is 2.86. The molecule has 1 saturated heterocycles. The third kappa shape index (κ3) is 4.42. The van der Waals surface area contributed by atoms with E-state index in [-0.39, 0.29) is 24.9 Å². The van der Waals surface area contributed by atoms with Gasteiger partial charge in [-0.05, 0) is 37.1 Å². The van der Waals surface area contributed by atoms with Gasteiger partial charge in [0, 0.05) is 18.1 Å². The van der Waals surface area contributed by atoms with Crippen molar-refractivity contribution in [2.24, 2.45) is 11.7 Å². The molecule has 7 heteroatoms. The third-order valence-corrected chi connectivity index (χ3v) is 3.75. The van der Waals surface area contributed by atoms with Gasteiger partial charge in [-0.2, -0.15) is 0 Å². The second-order valence-corrected chi connectivity index (χ2v) is 5.44. The van der Waals surface area contributed by atoms with Crippen molar-refractivity contribution in [2.75, 3.05) is 26.2 Å². The highest BCUT2D eigenvalue weighted by atomic mass is 35.5. The monoisotopic (exact) mass is 338 g/mol. The topological polar surface area (TPSA) is 55.6 Å². The van der Waals surface area contributed by atoms with E-state index in [4.69, 9.17) is 33.7 Å². The Balaban J connectivity index is 0.00000200. The van der Waals surface area contributed by atoms with E-state index in [1.165, 1.54) is 0 Å². The van der Waals surface area contributed by atoms with Gasteiger partial charge in [0.25, 0.3) is 5.91 Å². The first kappa shape index (κ1) is 17.4. The number of hydrogen-bond acceptors (Lipinski definition) is 3. The number of ether oxygens (including phenoxy) is 1. The molecule has 0 aliphatic carbocycles. The standard InChI is InChI=1S/C13H16Cl2N2O2.ClH/c14-10-1-2-12(11(15)5-10)19-8-13(18)17-4-3-9(6-16)7-17;/h1-2,5,9H,3-4,6-8,16H2;1H. The minimum Gasteiger partial charge on any atom is -0.482 e. The van der Waals surface area contributed by atoms with Gasteiger partial charge in [-0.1, -0.05) is 23.2 Å². The molecule has 1 aliphatic heterocycles. The number of carbonyl (C=O) groups is 1. The van der Waals surface area contributed by atoms with E-state index in [2.05, 4.69) is 0 Å². The summed E-state index contributed by atoms with van der Waals surface area (Å²) in [4.78, 5) is 13.7. The van der Waals surface area contributed by atoms with Crippen LogP contribution in [0.4, 0.5) is 0 Å². The van der Waals surface area contributed by atoms with Crippen molar-refractivity contribution in [3.63, 3.8) is 0 Å². The largest absolute Gasteiger partial charge is 0.482 e. The van der Waals surface area contributed by atoms with E-state index in [1.54, 1.807) is 23.1 Å². The van der Waals surface area contributed by atoms with Crippen LogP contribution in [0.5, 0.6) is 5.75 Å². The number of nitrogens with zero attached hydrogens (tertiary/aromatic N) is 1. The molecule has 1 heterocycles. The molecule has 112 valence electrons. The lowest BCUT2D eigenvalue weighted by Crippen LogP contribution is -2.33. The molecule has 0 spiro atoms. The second kappa shape index (κ2) is 7.93. The molecule has 2 rings (SSSR count). The van der Waals surface area contributed by atoms with Gasteiger partial charge in [0.05, 0.1) is 5.02 Å². The summed E-state index contributed by atoms with van der Waals surface area (Å²) in [5.74, 6) is 0.832. The molecular weight excluding hydrogens is 323 g/mol. The Morgan fingerprint density at radius 2 is 2.20 bits per heavy atom. The van der Waals surface area contributed by atoms with Crippen LogP contribution in [-0.4, -0.2) is 37.0 Å². The van der Waals surface area contributed by atoms with Gasteiger partial charge in [-0.15, -0.1) is 12.4 Å². The summed E-state index contributed by atoms with van der Waals surface area (Å²) in [7, 11) is 0. The first-order chi connectivity index (χ1) is 9.10. The summed E-state index contributed by atoms with van der Waals surface area (Å²) in [6, 6.07) is 4.92. The van der Waals surface area contributed by atoms with Gasteiger partial charge in [-0.25, -0.2) is 0 Å². The fourth-order valence-corrected chi connectivity index (χ4v) is 2.54. The van der Waals surface area contributed by atoms with Gasteiger partial charge in [0.1, 0.15) is 5.75 Å². The SMILES string of the molecule is Cl.NCC1CCN(C(=O)COc2ccc(Cl)cc2Cl)C1. The average molecular weight is 340 g/mol. The van der Waals surface area contributed by atoms with Gasteiger partial charge < -0.3 is 15.4 Å². The lowest BCUT2D eigenvalue weighted by Gasteiger charge is -2.17. The van der Waals surface area contributed by atoms with Crippen LogP contribution < -0.4 is 10.5 Å². The fraction of sp³-hybridized carbons (Fsp3) is 0.462. The molecule has 1 atom stereocenters. The molecule has 1 unspecified atom stereocenters. The van der Waals surface area contributed by atoms with Crippen molar-refractivity contribution >= 4 is 41.5 Å². The molecule has 1 aliphatic rings. The van der Waals surface area contributed by atoms with Crippen molar-refractivity contribution in [3.8, 4) is 5.75 Å². The molecule has 20 heavy (non-hydrogen) atoms. The highest BCUT2D eigenvalue weighted by Gasteiger charge is 2.25. The van der Waals surface area contributed by atoms with Crippen molar-refractivity contribution in [1.82, 2.24) is 4.90 Å². The summed E-state index contributed by atoms with van der Waals surface area (Å²) in [6.45, 7) is 2.07. The van der Waals surface area contributed by atoms with Gasteiger partial charge >= 0.3 is 0 Å². The number of nitrogens with two attached hydrogens (primary N) is 1. The smallest absolute Gasteiger partial charge is 0.260 e. The lowest BCUT2D eigenvalue weighted by molar-refractivity contribution is -0.132. The second-order valence-electron chi connectivity index (χ2n) is 4.59. The van der Waals surface area contributed by atoms with Crippen LogP contribution in [0.2, 0.25) is 10.0 Å². The molecule has 0 radical (unpaired) electrons. The summed E-state index contributed by atoms with van der Waals surface area (Å²) in [5, 5.41) is 0.940. The van der Waals surface area contributed by atoms with E-state index in [0.29, 0.717) is 34.8 Å². The van der Waals surface area contributed by atoms with Crippen LogP contribution in [0, 0.1) is 5.92 Å². The van der Waals surface area contributed by atoms with Gasteiger partial charge in [-0.3, -0.25) is 4.79 Å². The number of likely N-dealkylation sites (tertiary alicyclic amines) is 1. The number of benzene rings is 1. The van der Waals surface area contributed by atoms with Crippen LogP contribution >= 0.6 is 35.6 Å². The van der Waals surface area contributed by atoms with E-state index in [0.717, 1.165) is 13.0 Å². The molecule has 4 nitrogen and oxygen atoms in total. The Morgan fingerprint density at radius 1 is 1.45 bits per heavy atom. The first-order valence-corrected chi connectivity index (χ1v) is 6.91. The van der Waals surface area contributed by atoms with E-state index in [9.17, 15) is 4.79 Å². The van der Waals surface area contributed by atoms with Crippen LogP contribution in [0.3, 0.4) is 0 Å². The van der Waals surface area contributed by atoms with Crippen LogP contribution in [-0.2, 0) is 4.79 Å². The van der Waals surface area contributed by atoms with E-state index < -0.39 is 0 Å². The quantitative estimate of drug-likeness (QED) is 0.917. The normalized spacial score (nSPS) is 17.8. The Morgan fingerprint density at radius 3 is 2.80 bits per heavy atom. The molecule has 0 aromatic heterocycles. The molecule has 1 amide bonds. The Kier molecular flexibility index (Phi) is 6.89. The number of rotatable bonds is 4. The highest BCUT2D eigenvalue weighted by molar-refractivity contribution is 6.35. The maximum absolute atomic E-state index is 11.9.